The molecule has 0 aliphatic carbocycles. The van der Waals surface area contributed by atoms with Crippen molar-refractivity contribution < 1.29 is 13.9 Å². The van der Waals surface area contributed by atoms with Crippen LogP contribution in [0, 0.1) is 6.92 Å². The lowest BCUT2D eigenvalue weighted by Crippen LogP contribution is -2.19. The second-order valence-electron chi connectivity index (χ2n) is 6.83. The van der Waals surface area contributed by atoms with Crippen LogP contribution in [0.2, 0.25) is 0 Å². The molecule has 30 heavy (non-hydrogen) atoms. The van der Waals surface area contributed by atoms with Gasteiger partial charge in [-0.3, -0.25) is 0 Å². The highest BCUT2D eigenvalue weighted by Crippen LogP contribution is 2.22. The third-order valence-electron chi connectivity index (χ3n) is 4.66. The van der Waals surface area contributed by atoms with E-state index in [1.54, 1.807) is 0 Å². The quantitative estimate of drug-likeness (QED) is 0.238. The third kappa shape index (κ3) is 6.11. The minimum Gasteiger partial charge on any atom is -0.493 e. The molecule has 0 spiro atoms. The van der Waals surface area contributed by atoms with E-state index >= 15 is 0 Å². The fourth-order valence-corrected chi connectivity index (χ4v) is 3.15. The average Bonchev–Trinajstić information content (AvgIpc) is 3.14. The molecule has 1 aromatic heterocycles. The van der Waals surface area contributed by atoms with Gasteiger partial charge < -0.3 is 13.9 Å². The van der Waals surface area contributed by atoms with Gasteiger partial charge in [0.15, 0.2) is 0 Å². The Labute approximate surface area is 176 Å². The summed E-state index contributed by atoms with van der Waals surface area (Å²) in [4.78, 5) is 7.42. The van der Waals surface area contributed by atoms with Gasteiger partial charge in [-0.1, -0.05) is 35.4 Å². The zero-order valence-corrected chi connectivity index (χ0v) is 17.3. The van der Waals surface area contributed by atoms with E-state index in [1.165, 1.54) is 0 Å². The van der Waals surface area contributed by atoms with Gasteiger partial charge in [0.25, 0.3) is 0 Å². The van der Waals surface area contributed by atoms with Gasteiger partial charge in [0.2, 0.25) is 5.89 Å². The smallest absolute Gasteiger partial charge is 0.226 e. The summed E-state index contributed by atoms with van der Waals surface area (Å²) in [6, 6.07) is 17.8. The number of azide groups is 1. The normalized spacial score (nSPS) is 11.7. The molecule has 0 fully saturated rings. The molecular weight excluding hydrogens is 380 g/mol. The summed E-state index contributed by atoms with van der Waals surface area (Å²) >= 11 is 0. The molecule has 7 nitrogen and oxygen atoms in total. The van der Waals surface area contributed by atoms with Crippen LogP contribution in [-0.2, 0) is 17.6 Å². The first kappa shape index (κ1) is 21.4. The Morgan fingerprint density at radius 3 is 2.60 bits per heavy atom. The topological polar surface area (TPSA) is 93.2 Å². The van der Waals surface area contributed by atoms with Gasteiger partial charge in [0.1, 0.15) is 11.5 Å². The van der Waals surface area contributed by atoms with Gasteiger partial charge in [-0.15, -0.1) is 0 Å². The predicted molar refractivity (Wildman–Crippen MR) is 115 cm³/mol. The molecule has 0 saturated heterocycles. The molecule has 156 valence electrons. The molecule has 0 saturated carbocycles. The predicted octanol–water partition coefficient (Wildman–Crippen LogP) is 5.53. The zero-order chi connectivity index (χ0) is 21.2. The average molecular weight is 406 g/mol. The maximum absolute atomic E-state index is 8.50. The molecule has 7 heteroatoms. The summed E-state index contributed by atoms with van der Waals surface area (Å²) in [6.45, 7) is 5.28. The van der Waals surface area contributed by atoms with Crippen molar-refractivity contribution in [3.05, 3.63) is 82.1 Å². The molecular formula is C23H26N4O3. The number of oxazole rings is 1. The molecule has 3 aromatic rings. The Hall–Kier alpha value is -3.28. The summed E-state index contributed by atoms with van der Waals surface area (Å²) in [5.74, 6) is 2.25. The lowest BCUT2D eigenvalue weighted by Gasteiger charge is -2.15. The molecule has 1 heterocycles. The van der Waals surface area contributed by atoms with Gasteiger partial charge >= 0.3 is 0 Å². The van der Waals surface area contributed by atoms with Gasteiger partial charge in [-0.2, -0.15) is 0 Å². The van der Waals surface area contributed by atoms with Crippen LogP contribution < -0.4 is 4.74 Å². The number of ether oxygens (including phenoxy) is 2. The Morgan fingerprint density at radius 1 is 1.13 bits per heavy atom. The van der Waals surface area contributed by atoms with E-state index in [4.69, 9.17) is 19.4 Å². The number of hydrogen-bond acceptors (Lipinski definition) is 5. The van der Waals surface area contributed by atoms with Gasteiger partial charge in [-0.25, -0.2) is 4.98 Å². The standard InChI is InChI=1S/C23H26N4O3/c1-3-28-21(16-25-27-24)15-18-9-11-20(12-10-18)29-14-13-22-17(2)30-23(26-22)19-7-5-4-6-8-19/h4-12,21H,3,13-16H2,1-2H3/t21-/m0/s1. The SMILES string of the molecule is CCO[C@H](CN=[N+]=[N-])Cc1ccc(OCCc2nc(-c3ccccc3)oc2C)cc1. The first-order chi connectivity index (χ1) is 14.7. The van der Waals surface area contributed by atoms with Gasteiger partial charge in [-0.05, 0) is 55.6 Å². The monoisotopic (exact) mass is 406 g/mol. The van der Waals surface area contributed by atoms with E-state index in [9.17, 15) is 0 Å². The third-order valence-corrected chi connectivity index (χ3v) is 4.66. The number of nitrogens with zero attached hydrogens (tertiary/aromatic N) is 4. The van der Waals surface area contributed by atoms with Crippen LogP contribution in [0.25, 0.3) is 21.9 Å². The van der Waals surface area contributed by atoms with Crippen molar-refractivity contribution in [1.29, 1.82) is 0 Å². The van der Waals surface area contributed by atoms with Crippen molar-refractivity contribution in [2.45, 2.75) is 32.8 Å². The summed E-state index contributed by atoms with van der Waals surface area (Å²) in [5, 5.41) is 3.62. The van der Waals surface area contributed by atoms with Crippen molar-refractivity contribution in [3.8, 4) is 17.2 Å². The van der Waals surface area contributed by atoms with Crippen LogP contribution >= 0.6 is 0 Å². The molecule has 0 N–H and O–H groups in total. The maximum Gasteiger partial charge on any atom is 0.226 e. The summed E-state index contributed by atoms with van der Waals surface area (Å²) in [6.07, 6.45) is 1.24. The Bertz CT molecular complexity index is 964. The zero-order valence-electron chi connectivity index (χ0n) is 17.3. The lowest BCUT2D eigenvalue weighted by molar-refractivity contribution is 0.0695. The van der Waals surface area contributed by atoms with E-state index in [2.05, 4.69) is 15.0 Å². The van der Waals surface area contributed by atoms with Crippen LogP contribution in [0.1, 0.15) is 23.9 Å². The maximum atomic E-state index is 8.50. The lowest BCUT2D eigenvalue weighted by atomic mass is 10.1. The first-order valence-electron chi connectivity index (χ1n) is 10.1. The summed E-state index contributed by atoms with van der Waals surface area (Å²) in [5.41, 5.74) is 11.5. The molecule has 0 radical (unpaired) electrons. The van der Waals surface area contributed by atoms with E-state index < -0.39 is 0 Å². The Kier molecular flexibility index (Phi) is 7.89. The fraction of sp³-hybridized carbons (Fsp3) is 0.348. The molecule has 0 aliphatic heterocycles. The van der Waals surface area contributed by atoms with Gasteiger partial charge in [0.05, 0.1) is 24.9 Å². The van der Waals surface area contributed by atoms with Crippen LogP contribution in [0.4, 0.5) is 0 Å². The Balaban J connectivity index is 1.52. The van der Waals surface area contributed by atoms with Crippen LogP contribution in [-0.4, -0.2) is 30.8 Å². The van der Waals surface area contributed by atoms with Crippen LogP contribution in [0.15, 0.2) is 64.1 Å². The molecule has 0 bridgehead atoms. The molecule has 0 aliphatic rings. The second kappa shape index (κ2) is 11.0. The molecule has 1 atom stereocenters. The number of aryl methyl sites for hydroxylation is 1. The summed E-state index contributed by atoms with van der Waals surface area (Å²) in [7, 11) is 0. The van der Waals surface area contributed by atoms with Crippen LogP contribution in [0.3, 0.4) is 0 Å². The van der Waals surface area contributed by atoms with E-state index in [-0.39, 0.29) is 6.10 Å². The number of hydrogen-bond donors (Lipinski definition) is 0. The molecule has 3 rings (SSSR count). The van der Waals surface area contributed by atoms with Crippen molar-refractivity contribution >= 4 is 0 Å². The highest BCUT2D eigenvalue weighted by atomic mass is 16.5. The van der Waals surface area contributed by atoms with Crippen molar-refractivity contribution in [3.63, 3.8) is 0 Å². The Morgan fingerprint density at radius 2 is 1.90 bits per heavy atom. The van der Waals surface area contributed by atoms with E-state index in [0.29, 0.717) is 38.5 Å². The molecule has 0 unspecified atom stereocenters. The summed E-state index contributed by atoms with van der Waals surface area (Å²) < 4.78 is 17.3. The second-order valence-corrected chi connectivity index (χ2v) is 6.83. The molecule has 0 amide bonds. The van der Waals surface area contributed by atoms with E-state index in [0.717, 1.165) is 28.3 Å². The molecule has 2 aromatic carbocycles. The van der Waals surface area contributed by atoms with Gasteiger partial charge in [0, 0.05) is 23.5 Å². The number of aromatic nitrogens is 1. The minimum atomic E-state index is -0.119. The fourth-order valence-electron chi connectivity index (χ4n) is 3.15. The minimum absolute atomic E-state index is 0.119. The van der Waals surface area contributed by atoms with Crippen LogP contribution in [0.5, 0.6) is 5.75 Å². The first-order valence-corrected chi connectivity index (χ1v) is 10.1. The van der Waals surface area contributed by atoms with Crippen molar-refractivity contribution in [1.82, 2.24) is 4.98 Å². The van der Waals surface area contributed by atoms with E-state index in [1.807, 2.05) is 68.4 Å². The largest absolute Gasteiger partial charge is 0.493 e. The number of rotatable bonds is 11. The number of benzene rings is 2. The highest BCUT2D eigenvalue weighted by Gasteiger charge is 2.12. The van der Waals surface area contributed by atoms with Crippen molar-refractivity contribution in [2.24, 2.45) is 5.11 Å². The highest BCUT2D eigenvalue weighted by molar-refractivity contribution is 5.53. The van der Waals surface area contributed by atoms with Crippen molar-refractivity contribution in [2.75, 3.05) is 19.8 Å².